The van der Waals surface area contributed by atoms with Gasteiger partial charge in [-0.15, -0.1) is 0 Å². The van der Waals surface area contributed by atoms with Gasteiger partial charge in [-0.3, -0.25) is 0 Å². The molecular weight excluding hydrogens is 164 g/mol. The Morgan fingerprint density at radius 3 is 2.64 bits per heavy atom. The first kappa shape index (κ1) is 10.7. The van der Waals surface area contributed by atoms with E-state index in [1.165, 1.54) is 0 Å². The Morgan fingerprint density at radius 1 is 1.55 bits per heavy atom. The van der Waals surface area contributed by atoms with Crippen LogP contribution in [-0.2, 0) is 8.98 Å². The molecule has 0 heterocycles. The zero-order valence-corrected chi connectivity index (χ0v) is 7.22. The molecule has 0 aromatic heterocycles. The molecule has 0 radical (unpaired) electrons. The molecule has 0 aromatic rings. The highest BCUT2D eigenvalue weighted by molar-refractivity contribution is 7.75. The van der Waals surface area contributed by atoms with Crippen molar-refractivity contribution in [2.75, 3.05) is 6.54 Å². The van der Waals surface area contributed by atoms with Crippen LogP contribution in [0.25, 0.3) is 0 Å². The van der Waals surface area contributed by atoms with E-state index < -0.39 is 12.0 Å². The minimum atomic E-state index is -0.556. The van der Waals surface area contributed by atoms with Crippen molar-refractivity contribution < 1.29 is 8.98 Å². The molecule has 0 aromatic carbocycles. The van der Waals surface area contributed by atoms with E-state index in [-0.39, 0.29) is 0 Å². The van der Waals surface area contributed by atoms with E-state index >= 15 is 0 Å². The summed E-state index contributed by atoms with van der Waals surface area (Å²) < 4.78 is 4.14. The summed E-state index contributed by atoms with van der Waals surface area (Å²) in [7, 11) is 0. The van der Waals surface area contributed by atoms with Crippen molar-refractivity contribution in [1.82, 2.24) is 0 Å². The fraction of sp³-hybridized carbons (Fsp3) is 0.833. The molecule has 0 bridgehead atoms. The van der Waals surface area contributed by atoms with E-state index in [9.17, 15) is 4.79 Å². The molecule has 4 N–H and O–H groups in total. The van der Waals surface area contributed by atoms with Gasteiger partial charge in [0.15, 0.2) is 0 Å². The van der Waals surface area contributed by atoms with Crippen LogP contribution in [0.2, 0.25) is 0 Å². The van der Waals surface area contributed by atoms with Crippen molar-refractivity contribution in [2.45, 2.75) is 25.3 Å². The van der Waals surface area contributed by atoms with E-state index in [2.05, 4.69) is 17.1 Å². The topological polar surface area (TPSA) is 78.3 Å². The van der Waals surface area contributed by atoms with Gasteiger partial charge >= 0.3 is 5.97 Å². The lowest BCUT2D eigenvalue weighted by atomic mass is 10.1. The Hall–Kier alpha value is -0.260. The van der Waals surface area contributed by atoms with E-state index in [1.54, 1.807) is 0 Å². The summed E-state index contributed by atoms with van der Waals surface area (Å²) in [4.78, 5) is 10.7. The highest BCUT2D eigenvalue weighted by Gasteiger charge is 2.12. The summed E-state index contributed by atoms with van der Waals surface area (Å²) in [6.07, 6.45) is 2.34. The number of carbonyl (C=O) groups excluding carboxylic acids is 1. The second-order valence-electron chi connectivity index (χ2n) is 2.30. The molecule has 0 amide bonds. The Morgan fingerprint density at radius 2 is 2.18 bits per heavy atom. The van der Waals surface area contributed by atoms with E-state index in [0.29, 0.717) is 13.0 Å². The minimum absolute atomic E-state index is 0.481. The SMILES string of the molecule is NCCCCC(N)C(=O)OS. The molecule has 1 atom stereocenters. The van der Waals surface area contributed by atoms with Crippen molar-refractivity contribution in [3.63, 3.8) is 0 Å². The lowest BCUT2D eigenvalue weighted by Gasteiger charge is -2.06. The van der Waals surface area contributed by atoms with Gasteiger partial charge in [-0.05, 0) is 19.4 Å². The first-order valence-corrected chi connectivity index (χ1v) is 3.89. The van der Waals surface area contributed by atoms with Crippen LogP contribution in [0.15, 0.2) is 0 Å². The third kappa shape index (κ3) is 5.06. The molecule has 0 spiro atoms. The zero-order chi connectivity index (χ0) is 8.69. The Bertz CT molecular complexity index is 121. The standard InChI is InChI=1S/C6H14N2O2S/c7-4-2-1-3-5(8)6(9)10-11/h5,11H,1-4,7-8H2. The summed E-state index contributed by atoms with van der Waals surface area (Å²) in [5.41, 5.74) is 10.7. The van der Waals surface area contributed by atoms with Gasteiger partial charge in [0.2, 0.25) is 0 Å². The fourth-order valence-corrected chi connectivity index (χ4v) is 0.830. The molecule has 4 nitrogen and oxygen atoms in total. The number of unbranched alkanes of at least 4 members (excludes halogenated alkanes) is 1. The average Bonchev–Trinajstić information content (AvgIpc) is 2.03. The number of hydrogen-bond donors (Lipinski definition) is 3. The lowest BCUT2D eigenvalue weighted by molar-refractivity contribution is -0.134. The molecular formula is C6H14N2O2S. The van der Waals surface area contributed by atoms with Gasteiger partial charge in [-0.1, -0.05) is 6.42 Å². The van der Waals surface area contributed by atoms with Gasteiger partial charge in [-0.2, -0.15) is 0 Å². The number of rotatable bonds is 5. The zero-order valence-electron chi connectivity index (χ0n) is 6.32. The predicted octanol–water partition coefficient (Wildman–Crippen LogP) is -0.169. The molecule has 5 heteroatoms. The molecule has 0 aliphatic rings. The number of thiol groups is 1. The highest BCUT2D eigenvalue weighted by Crippen LogP contribution is 2.00. The maximum atomic E-state index is 10.7. The number of carbonyl (C=O) groups is 1. The molecule has 66 valence electrons. The summed E-state index contributed by atoms with van der Waals surface area (Å²) in [6, 6.07) is -0.556. The molecule has 0 saturated carbocycles. The molecule has 1 unspecified atom stereocenters. The van der Waals surface area contributed by atoms with Crippen LogP contribution < -0.4 is 11.5 Å². The molecule has 0 saturated heterocycles. The molecule has 0 aliphatic carbocycles. The second kappa shape index (κ2) is 6.45. The lowest BCUT2D eigenvalue weighted by Crippen LogP contribution is -2.30. The minimum Gasteiger partial charge on any atom is -0.393 e. The molecule has 0 aliphatic heterocycles. The van der Waals surface area contributed by atoms with Crippen LogP contribution in [0.5, 0.6) is 0 Å². The summed E-state index contributed by atoms with van der Waals surface area (Å²) >= 11 is 3.35. The van der Waals surface area contributed by atoms with Crippen LogP contribution in [-0.4, -0.2) is 18.6 Å². The Kier molecular flexibility index (Phi) is 6.30. The first-order valence-electron chi connectivity index (χ1n) is 3.53. The fourth-order valence-electron chi connectivity index (χ4n) is 0.694. The quantitative estimate of drug-likeness (QED) is 0.310. The van der Waals surface area contributed by atoms with E-state index in [0.717, 1.165) is 12.8 Å². The third-order valence-corrected chi connectivity index (χ3v) is 1.54. The molecule has 11 heavy (non-hydrogen) atoms. The third-order valence-electron chi connectivity index (χ3n) is 1.36. The summed E-state index contributed by atoms with van der Waals surface area (Å²) in [5, 5.41) is 0. The number of nitrogens with two attached hydrogens (primary N) is 2. The van der Waals surface area contributed by atoms with Crippen LogP contribution >= 0.6 is 12.9 Å². The largest absolute Gasteiger partial charge is 0.393 e. The second-order valence-corrected chi connectivity index (χ2v) is 2.48. The van der Waals surface area contributed by atoms with Crippen molar-refractivity contribution in [3.8, 4) is 0 Å². The van der Waals surface area contributed by atoms with Gasteiger partial charge < -0.3 is 15.7 Å². The van der Waals surface area contributed by atoms with Gasteiger partial charge in [0.1, 0.15) is 6.04 Å². The molecule has 0 fully saturated rings. The van der Waals surface area contributed by atoms with Crippen LogP contribution in [0, 0.1) is 0 Å². The van der Waals surface area contributed by atoms with Gasteiger partial charge in [-0.25, -0.2) is 4.79 Å². The highest BCUT2D eigenvalue weighted by atomic mass is 32.1. The number of hydrogen-bond acceptors (Lipinski definition) is 5. The summed E-state index contributed by atoms with van der Waals surface area (Å²) in [5.74, 6) is -0.481. The van der Waals surface area contributed by atoms with Crippen LogP contribution in [0.3, 0.4) is 0 Å². The average molecular weight is 178 g/mol. The van der Waals surface area contributed by atoms with Gasteiger partial charge in [0.05, 0.1) is 0 Å². The van der Waals surface area contributed by atoms with Crippen LogP contribution in [0.1, 0.15) is 19.3 Å². The summed E-state index contributed by atoms with van der Waals surface area (Å²) in [6.45, 7) is 0.628. The smallest absolute Gasteiger partial charge is 0.334 e. The maximum Gasteiger partial charge on any atom is 0.334 e. The van der Waals surface area contributed by atoms with Crippen molar-refractivity contribution in [3.05, 3.63) is 0 Å². The monoisotopic (exact) mass is 178 g/mol. The van der Waals surface area contributed by atoms with E-state index in [1.807, 2.05) is 0 Å². The molecule has 0 rings (SSSR count). The van der Waals surface area contributed by atoms with Crippen molar-refractivity contribution >= 4 is 18.9 Å². The van der Waals surface area contributed by atoms with Crippen molar-refractivity contribution in [1.29, 1.82) is 0 Å². The van der Waals surface area contributed by atoms with Gasteiger partial charge in [0.25, 0.3) is 0 Å². The Balaban J connectivity index is 3.36. The van der Waals surface area contributed by atoms with Crippen LogP contribution in [0.4, 0.5) is 0 Å². The Labute approximate surface area is 71.9 Å². The predicted molar refractivity (Wildman–Crippen MR) is 46.0 cm³/mol. The maximum absolute atomic E-state index is 10.7. The van der Waals surface area contributed by atoms with Gasteiger partial charge in [0, 0.05) is 12.9 Å². The first-order chi connectivity index (χ1) is 5.22. The van der Waals surface area contributed by atoms with Crippen molar-refractivity contribution in [2.24, 2.45) is 11.5 Å². The van der Waals surface area contributed by atoms with E-state index in [4.69, 9.17) is 11.5 Å². The normalized spacial score (nSPS) is 12.6.